The van der Waals surface area contributed by atoms with E-state index in [9.17, 15) is 0 Å². The van der Waals surface area contributed by atoms with Gasteiger partial charge in [-0.05, 0) is 19.1 Å². The summed E-state index contributed by atoms with van der Waals surface area (Å²) in [5.41, 5.74) is 0. The first-order valence-electron chi connectivity index (χ1n) is 5.11. The van der Waals surface area contributed by atoms with E-state index in [0.717, 1.165) is 0 Å². The molecule has 1 aromatic carbocycles. The second-order valence-electron chi connectivity index (χ2n) is 3.46. The third kappa shape index (κ3) is 2.83. The maximum Gasteiger partial charge on any atom is 0.201 e. The highest BCUT2D eigenvalue weighted by molar-refractivity contribution is 6.35. The molecule has 2 aromatic rings. The quantitative estimate of drug-likeness (QED) is 0.802. The van der Waals surface area contributed by atoms with Crippen LogP contribution in [0.3, 0.4) is 0 Å². The van der Waals surface area contributed by atoms with Gasteiger partial charge < -0.3 is 9.47 Å². The van der Waals surface area contributed by atoms with E-state index in [-0.39, 0.29) is 16.1 Å². The van der Waals surface area contributed by atoms with Crippen molar-refractivity contribution in [2.75, 3.05) is 7.11 Å². The highest BCUT2D eigenvalue weighted by atomic mass is 35.5. The van der Waals surface area contributed by atoms with Gasteiger partial charge in [-0.3, -0.25) is 0 Å². The molecule has 0 aliphatic heterocycles. The van der Waals surface area contributed by atoms with E-state index in [4.69, 9.17) is 32.7 Å². The molecule has 0 fully saturated rings. The van der Waals surface area contributed by atoms with Crippen LogP contribution in [0.5, 0.6) is 17.2 Å². The van der Waals surface area contributed by atoms with Gasteiger partial charge in [0.15, 0.2) is 10.3 Å². The zero-order chi connectivity index (χ0) is 13.1. The maximum atomic E-state index is 5.97. The smallest absolute Gasteiger partial charge is 0.201 e. The Morgan fingerprint density at radius 3 is 2.28 bits per heavy atom. The molecule has 18 heavy (non-hydrogen) atoms. The first-order chi connectivity index (χ1) is 8.60. The van der Waals surface area contributed by atoms with Crippen LogP contribution in [0.1, 0.15) is 5.82 Å². The minimum atomic E-state index is 0.176. The summed E-state index contributed by atoms with van der Waals surface area (Å²) in [6, 6.07) is 7.08. The molecule has 0 saturated heterocycles. The fourth-order valence-corrected chi connectivity index (χ4v) is 1.91. The van der Waals surface area contributed by atoms with Gasteiger partial charge in [0.25, 0.3) is 0 Å². The van der Waals surface area contributed by atoms with Gasteiger partial charge in [-0.15, -0.1) is 0 Å². The lowest BCUT2D eigenvalue weighted by Crippen LogP contribution is -1.95. The van der Waals surface area contributed by atoms with Crippen LogP contribution in [0.2, 0.25) is 10.3 Å². The number of hydrogen-bond donors (Lipinski definition) is 0. The molecule has 0 aliphatic rings. The van der Waals surface area contributed by atoms with E-state index in [1.165, 1.54) is 0 Å². The van der Waals surface area contributed by atoms with Crippen molar-refractivity contribution in [1.82, 2.24) is 9.97 Å². The number of aryl methyl sites for hydroxylation is 1. The SMILES string of the molecule is COc1cccc(Oc2c(Cl)nc(C)nc2Cl)c1. The molecule has 94 valence electrons. The Balaban J connectivity index is 2.33. The van der Waals surface area contributed by atoms with Crippen LogP contribution in [0.15, 0.2) is 24.3 Å². The molecule has 0 unspecified atom stereocenters. The normalized spacial score (nSPS) is 10.2. The molecule has 4 nitrogen and oxygen atoms in total. The predicted molar refractivity (Wildman–Crippen MR) is 69.9 cm³/mol. The summed E-state index contributed by atoms with van der Waals surface area (Å²) < 4.78 is 10.7. The summed E-state index contributed by atoms with van der Waals surface area (Å²) in [6.45, 7) is 1.70. The van der Waals surface area contributed by atoms with Gasteiger partial charge in [0.1, 0.15) is 17.3 Å². The first-order valence-corrected chi connectivity index (χ1v) is 5.87. The van der Waals surface area contributed by atoms with Crippen LogP contribution in [0.4, 0.5) is 0 Å². The second kappa shape index (κ2) is 5.42. The van der Waals surface area contributed by atoms with Gasteiger partial charge in [0.05, 0.1) is 7.11 Å². The Labute approximate surface area is 114 Å². The molecule has 6 heteroatoms. The van der Waals surface area contributed by atoms with Crippen molar-refractivity contribution in [3.05, 3.63) is 40.4 Å². The number of methoxy groups -OCH3 is 1. The van der Waals surface area contributed by atoms with Crippen molar-refractivity contribution in [1.29, 1.82) is 0 Å². The number of hydrogen-bond acceptors (Lipinski definition) is 4. The minimum Gasteiger partial charge on any atom is -0.497 e. The Bertz CT molecular complexity index is 553. The molecule has 1 aromatic heterocycles. The van der Waals surface area contributed by atoms with Crippen molar-refractivity contribution < 1.29 is 9.47 Å². The molecule has 0 atom stereocenters. The average molecular weight is 285 g/mol. The summed E-state index contributed by atoms with van der Waals surface area (Å²) >= 11 is 11.9. The molecule has 0 saturated carbocycles. The van der Waals surface area contributed by atoms with E-state index in [1.807, 2.05) is 6.07 Å². The number of benzene rings is 1. The fraction of sp³-hybridized carbons (Fsp3) is 0.167. The summed E-state index contributed by atoms with van der Waals surface area (Å²) in [5.74, 6) is 1.94. The van der Waals surface area contributed by atoms with Crippen LogP contribution in [-0.2, 0) is 0 Å². The van der Waals surface area contributed by atoms with E-state index in [1.54, 1.807) is 32.2 Å². The third-order valence-corrected chi connectivity index (χ3v) is 2.67. The van der Waals surface area contributed by atoms with Crippen LogP contribution < -0.4 is 9.47 Å². The molecule has 0 amide bonds. The Morgan fingerprint density at radius 1 is 1.06 bits per heavy atom. The number of nitrogens with zero attached hydrogens (tertiary/aromatic N) is 2. The van der Waals surface area contributed by atoms with Gasteiger partial charge in [-0.2, -0.15) is 0 Å². The van der Waals surface area contributed by atoms with Crippen LogP contribution in [-0.4, -0.2) is 17.1 Å². The van der Waals surface area contributed by atoms with Crippen LogP contribution >= 0.6 is 23.2 Å². The first kappa shape index (κ1) is 12.9. The molecule has 0 radical (unpaired) electrons. The number of ether oxygens (including phenoxy) is 2. The Hall–Kier alpha value is -1.52. The molecular formula is C12H10Cl2N2O2. The fourth-order valence-electron chi connectivity index (χ4n) is 1.36. The standard InChI is InChI=1S/C12H10Cl2N2O2/c1-7-15-11(13)10(12(14)16-7)18-9-5-3-4-8(6-9)17-2/h3-6H,1-2H3. The van der Waals surface area contributed by atoms with Gasteiger partial charge in [0.2, 0.25) is 5.75 Å². The topological polar surface area (TPSA) is 44.2 Å². The molecule has 0 spiro atoms. The van der Waals surface area contributed by atoms with Crippen molar-refractivity contribution >= 4 is 23.2 Å². The zero-order valence-electron chi connectivity index (χ0n) is 9.78. The van der Waals surface area contributed by atoms with Crippen molar-refractivity contribution in [2.45, 2.75) is 6.92 Å². The van der Waals surface area contributed by atoms with Crippen molar-refractivity contribution in [3.63, 3.8) is 0 Å². The van der Waals surface area contributed by atoms with Gasteiger partial charge in [0, 0.05) is 6.07 Å². The Morgan fingerprint density at radius 2 is 1.67 bits per heavy atom. The summed E-state index contributed by atoms with van der Waals surface area (Å²) in [5, 5.41) is 0.352. The number of halogens is 2. The highest BCUT2D eigenvalue weighted by Crippen LogP contribution is 2.34. The summed E-state index contributed by atoms with van der Waals surface area (Å²) in [6.07, 6.45) is 0. The second-order valence-corrected chi connectivity index (χ2v) is 4.18. The van der Waals surface area contributed by atoms with Crippen LogP contribution in [0.25, 0.3) is 0 Å². The number of rotatable bonds is 3. The molecule has 0 aliphatic carbocycles. The maximum absolute atomic E-state index is 5.97. The predicted octanol–water partition coefficient (Wildman–Crippen LogP) is 3.89. The van der Waals surface area contributed by atoms with E-state index >= 15 is 0 Å². The van der Waals surface area contributed by atoms with E-state index in [2.05, 4.69) is 9.97 Å². The highest BCUT2D eigenvalue weighted by Gasteiger charge is 2.12. The molecule has 2 rings (SSSR count). The lowest BCUT2D eigenvalue weighted by molar-refractivity contribution is 0.408. The van der Waals surface area contributed by atoms with E-state index < -0.39 is 0 Å². The average Bonchev–Trinajstić information content (AvgIpc) is 2.34. The van der Waals surface area contributed by atoms with Crippen LogP contribution in [0, 0.1) is 6.92 Å². The van der Waals surface area contributed by atoms with Gasteiger partial charge >= 0.3 is 0 Å². The number of aromatic nitrogens is 2. The van der Waals surface area contributed by atoms with Gasteiger partial charge in [-0.25, -0.2) is 9.97 Å². The molecule has 0 N–H and O–H groups in total. The largest absolute Gasteiger partial charge is 0.497 e. The monoisotopic (exact) mass is 284 g/mol. The Kier molecular flexibility index (Phi) is 3.89. The lowest BCUT2D eigenvalue weighted by atomic mass is 10.3. The third-order valence-electron chi connectivity index (χ3n) is 2.16. The molecule has 1 heterocycles. The zero-order valence-corrected chi connectivity index (χ0v) is 11.3. The van der Waals surface area contributed by atoms with Crippen molar-refractivity contribution in [3.8, 4) is 17.2 Å². The summed E-state index contributed by atoms with van der Waals surface area (Å²) in [4.78, 5) is 7.97. The lowest BCUT2D eigenvalue weighted by Gasteiger charge is -2.09. The van der Waals surface area contributed by atoms with E-state index in [0.29, 0.717) is 17.3 Å². The van der Waals surface area contributed by atoms with Crippen molar-refractivity contribution in [2.24, 2.45) is 0 Å². The molecular weight excluding hydrogens is 275 g/mol. The van der Waals surface area contributed by atoms with Gasteiger partial charge in [-0.1, -0.05) is 29.3 Å². The summed E-state index contributed by atoms with van der Waals surface area (Å²) in [7, 11) is 1.58. The molecule has 0 bridgehead atoms. The minimum absolute atomic E-state index is 0.176.